The third-order valence-electron chi connectivity index (χ3n) is 5.58. The van der Waals surface area contributed by atoms with Crippen LogP contribution in [0.4, 0.5) is 11.4 Å². The number of aromatic nitrogens is 2. The third-order valence-corrected chi connectivity index (χ3v) is 5.58. The predicted molar refractivity (Wildman–Crippen MR) is 115 cm³/mol. The number of hydrogen-bond donors (Lipinski definition) is 1. The molecule has 0 saturated carbocycles. The first kappa shape index (κ1) is 17.4. The minimum Gasteiger partial charge on any atom is -0.355 e. The Labute approximate surface area is 167 Å². The maximum atomic E-state index is 13.5. The molecule has 1 aliphatic carbocycles. The van der Waals surface area contributed by atoms with Gasteiger partial charge in [0.05, 0.1) is 22.5 Å². The number of fused-ring (bicyclic) bond motifs is 2. The molecular weight excluding hydrogens is 362 g/mol. The molecule has 4 aromatic rings. The molecule has 0 saturated heterocycles. The molecule has 0 unspecified atom stereocenters. The second kappa shape index (κ2) is 6.14. The van der Waals surface area contributed by atoms with E-state index in [0.29, 0.717) is 33.6 Å². The van der Waals surface area contributed by atoms with Crippen LogP contribution >= 0.6 is 0 Å². The smallest absolute Gasteiger partial charge is 0.348 e. The Balaban J connectivity index is 1.78. The number of carbonyl (C=O) groups is 1. The van der Waals surface area contributed by atoms with Crippen molar-refractivity contribution in [2.75, 3.05) is 5.32 Å². The predicted octanol–water partition coefficient (Wildman–Crippen LogP) is 4.51. The molecular formula is C24H19N3O2. The molecule has 1 N–H and O–H groups in total. The molecule has 142 valence electrons. The van der Waals surface area contributed by atoms with Crippen LogP contribution in [-0.2, 0) is 7.05 Å². The summed E-state index contributed by atoms with van der Waals surface area (Å²) in [6.07, 6.45) is 0. The Morgan fingerprint density at radius 1 is 0.897 bits per heavy atom. The van der Waals surface area contributed by atoms with Crippen LogP contribution in [0, 0.1) is 13.8 Å². The summed E-state index contributed by atoms with van der Waals surface area (Å²) >= 11 is 0. The van der Waals surface area contributed by atoms with Crippen molar-refractivity contribution in [1.82, 2.24) is 9.55 Å². The van der Waals surface area contributed by atoms with E-state index in [4.69, 9.17) is 0 Å². The molecule has 0 aliphatic heterocycles. The molecule has 5 nitrogen and oxygen atoms in total. The molecule has 5 heteroatoms. The summed E-state index contributed by atoms with van der Waals surface area (Å²) in [6, 6.07) is 17.2. The minimum atomic E-state index is -0.335. The quantitative estimate of drug-likeness (QED) is 0.489. The number of ketones is 1. The Kier molecular flexibility index (Phi) is 3.68. The van der Waals surface area contributed by atoms with Crippen LogP contribution in [-0.4, -0.2) is 15.3 Å². The van der Waals surface area contributed by atoms with Crippen LogP contribution in [0.5, 0.6) is 0 Å². The maximum Gasteiger partial charge on any atom is 0.348 e. The van der Waals surface area contributed by atoms with Crippen molar-refractivity contribution in [1.29, 1.82) is 0 Å². The zero-order chi connectivity index (χ0) is 20.3. The lowest BCUT2D eigenvalue weighted by atomic mass is 9.85. The summed E-state index contributed by atoms with van der Waals surface area (Å²) in [5.74, 6) is -0.0635. The maximum absolute atomic E-state index is 13.5. The lowest BCUT2D eigenvalue weighted by Crippen LogP contribution is -2.24. The molecule has 3 aromatic carbocycles. The number of rotatable bonds is 2. The zero-order valence-corrected chi connectivity index (χ0v) is 16.4. The highest BCUT2D eigenvalue weighted by molar-refractivity contribution is 6.27. The van der Waals surface area contributed by atoms with Gasteiger partial charge in [-0.15, -0.1) is 0 Å². The lowest BCUT2D eigenvalue weighted by Gasteiger charge is -2.23. The van der Waals surface area contributed by atoms with Crippen molar-refractivity contribution in [2.24, 2.45) is 7.05 Å². The van der Waals surface area contributed by atoms with Gasteiger partial charge in [-0.1, -0.05) is 42.0 Å². The van der Waals surface area contributed by atoms with E-state index in [2.05, 4.69) is 23.3 Å². The van der Waals surface area contributed by atoms with Gasteiger partial charge in [0.25, 0.3) is 0 Å². The van der Waals surface area contributed by atoms with Gasteiger partial charge in [-0.2, -0.15) is 4.98 Å². The number of carbonyl (C=O) groups excluding carboxylic acids is 1. The van der Waals surface area contributed by atoms with Gasteiger partial charge in [0.1, 0.15) is 0 Å². The molecule has 0 atom stereocenters. The van der Waals surface area contributed by atoms with Gasteiger partial charge in [-0.05, 0) is 37.6 Å². The van der Waals surface area contributed by atoms with E-state index in [1.165, 1.54) is 10.1 Å². The fraction of sp³-hybridized carbons (Fsp3) is 0.125. The van der Waals surface area contributed by atoms with Crippen LogP contribution in [0.2, 0.25) is 0 Å². The van der Waals surface area contributed by atoms with Crippen LogP contribution in [0.25, 0.3) is 22.2 Å². The standard InChI is InChI=1S/C24H19N3O2/c1-13-10-11-17(14(2)12-13)25-18-8-4-6-15-20(18)23(28)16-7-5-9-19-21(16)22(15)26-24(29)27(19)3/h4-12,25H,1-3H3. The average Bonchev–Trinajstić information content (AvgIpc) is 2.71. The van der Waals surface area contributed by atoms with Crippen molar-refractivity contribution < 1.29 is 4.79 Å². The number of hydrogen-bond acceptors (Lipinski definition) is 4. The second-order valence-corrected chi connectivity index (χ2v) is 7.50. The molecule has 1 aliphatic rings. The fourth-order valence-electron chi connectivity index (χ4n) is 4.11. The van der Waals surface area contributed by atoms with Crippen LogP contribution in [0.3, 0.4) is 0 Å². The molecule has 5 rings (SSSR count). The Morgan fingerprint density at radius 3 is 2.45 bits per heavy atom. The fourth-order valence-corrected chi connectivity index (χ4v) is 4.11. The Morgan fingerprint density at radius 2 is 1.66 bits per heavy atom. The van der Waals surface area contributed by atoms with Crippen LogP contribution in [0.1, 0.15) is 27.0 Å². The average molecular weight is 381 g/mol. The monoisotopic (exact) mass is 381 g/mol. The minimum absolute atomic E-state index is 0.0635. The van der Waals surface area contributed by atoms with Crippen molar-refractivity contribution in [3.8, 4) is 11.3 Å². The van der Waals surface area contributed by atoms with Gasteiger partial charge in [-0.3, -0.25) is 9.36 Å². The largest absolute Gasteiger partial charge is 0.355 e. The van der Waals surface area contributed by atoms with Crippen LogP contribution < -0.4 is 11.0 Å². The first-order chi connectivity index (χ1) is 14.0. The Bertz CT molecular complexity index is 1400. The van der Waals surface area contributed by atoms with Gasteiger partial charge in [0.15, 0.2) is 5.78 Å². The topological polar surface area (TPSA) is 64.0 Å². The molecule has 0 radical (unpaired) electrons. The van der Waals surface area contributed by atoms with Crippen molar-refractivity contribution in [3.63, 3.8) is 0 Å². The van der Waals surface area contributed by atoms with E-state index in [0.717, 1.165) is 16.6 Å². The molecule has 1 aromatic heterocycles. The Hall–Kier alpha value is -3.73. The number of aryl methyl sites for hydroxylation is 3. The summed E-state index contributed by atoms with van der Waals surface area (Å²) < 4.78 is 1.48. The summed E-state index contributed by atoms with van der Waals surface area (Å²) in [6.45, 7) is 4.09. The molecule has 29 heavy (non-hydrogen) atoms. The summed E-state index contributed by atoms with van der Waals surface area (Å²) in [5, 5.41) is 4.15. The molecule has 0 spiro atoms. The third kappa shape index (κ3) is 2.51. The molecule has 0 fully saturated rings. The van der Waals surface area contributed by atoms with Gasteiger partial charge < -0.3 is 5.32 Å². The van der Waals surface area contributed by atoms with Crippen molar-refractivity contribution in [3.05, 3.63) is 87.3 Å². The number of nitrogens with one attached hydrogen (secondary N) is 1. The highest BCUT2D eigenvalue weighted by Gasteiger charge is 2.29. The van der Waals surface area contributed by atoms with Gasteiger partial charge in [-0.25, -0.2) is 4.79 Å². The molecule has 0 bridgehead atoms. The van der Waals surface area contributed by atoms with E-state index in [1.54, 1.807) is 13.1 Å². The number of benzene rings is 3. The normalized spacial score (nSPS) is 12.2. The second-order valence-electron chi connectivity index (χ2n) is 7.50. The first-order valence-corrected chi connectivity index (χ1v) is 9.48. The summed E-state index contributed by atoms with van der Waals surface area (Å²) in [4.78, 5) is 30.2. The lowest BCUT2D eigenvalue weighted by molar-refractivity contribution is 0.104. The zero-order valence-electron chi connectivity index (χ0n) is 16.4. The van der Waals surface area contributed by atoms with E-state index in [1.807, 2.05) is 49.4 Å². The van der Waals surface area contributed by atoms with Crippen molar-refractivity contribution in [2.45, 2.75) is 13.8 Å². The van der Waals surface area contributed by atoms with E-state index < -0.39 is 0 Å². The van der Waals surface area contributed by atoms with E-state index >= 15 is 0 Å². The van der Waals surface area contributed by atoms with E-state index in [9.17, 15) is 9.59 Å². The van der Waals surface area contributed by atoms with E-state index in [-0.39, 0.29) is 11.5 Å². The number of anilines is 2. The van der Waals surface area contributed by atoms with Crippen molar-refractivity contribution >= 4 is 28.1 Å². The molecule has 1 heterocycles. The highest BCUT2D eigenvalue weighted by atomic mass is 16.1. The van der Waals surface area contributed by atoms with Gasteiger partial charge >= 0.3 is 5.69 Å². The van der Waals surface area contributed by atoms with Crippen LogP contribution in [0.15, 0.2) is 59.4 Å². The molecule has 0 amide bonds. The van der Waals surface area contributed by atoms with Gasteiger partial charge in [0.2, 0.25) is 0 Å². The first-order valence-electron chi connectivity index (χ1n) is 9.48. The summed E-state index contributed by atoms with van der Waals surface area (Å²) in [7, 11) is 1.68. The van der Waals surface area contributed by atoms with Gasteiger partial charge in [0, 0.05) is 29.2 Å². The summed E-state index contributed by atoms with van der Waals surface area (Å²) in [5.41, 5.74) is 6.68. The highest BCUT2D eigenvalue weighted by Crippen LogP contribution is 2.40. The SMILES string of the molecule is Cc1ccc(Nc2cccc3c2C(=O)c2cccc4c2c-3nc(=O)n4C)c(C)c1. The number of nitrogens with zero attached hydrogens (tertiary/aromatic N) is 2.